The molecule has 0 spiro atoms. The van der Waals surface area contributed by atoms with Crippen LogP contribution in [0.15, 0.2) is 40.9 Å². The lowest BCUT2D eigenvalue weighted by Gasteiger charge is -1.98. The Morgan fingerprint density at radius 2 is 2.00 bits per heavy atom. The van der Waals surface area contributed by atoms with E-state index in [1.807, 2.05) is 0 Å². The maximum atomic E-state index is 13.4. The van der Waals surface area contributed by atoms with Gasteiger partial charge in [-0.1, -0.05) is 0 Å². The smallest absolute Gasteiger partial charge is 0.238 e. The summed E-state index contributed by atoms with van der Waals surface area (Å²) in [5.74, 6) is -1.05. The van der Waals surface area contributed by atoms with Crippen LogP contribution >= 0.6 is 0 Å². The lowest BCUT2D eigenvalue weighted by Crippen LogP contribution is -1.84. The molecule has 0 bridgehead atoms. The van der Waals surface area contributed by atoms with E-state index in [4.69, 9.17) is 4.42 Å². The molecule has 18 heavy (non-hydrogen) atoms. The zero-order valence-electron chi connectivity index (χ0n) is 8.97. The van der Waals surface area contributed by atoms with Crippen molar-refractivity contribution in [2.75, 3.05) is 0 Å². The van der Waals surface area contributed by atoms with Gasteiger partial charge in [-0.3, -0.25) is 10.1 Å². The molecule has 0 fully saturated rings. The number of nitro groups is 1. The lowest BCUT2D eigenvalue weighted by atomic mass is 10.1. The highest BCUT2D eigenvalue weighted by molar-refractivity contribution is 5.60. The van der Waals surface area contributed by atoms with Crippen molar-refractivity contribution in [1.29, 1.82) is 0 Å². The Kier molecular flexibility index (Phi) is 3.18. The van der Waals surface area contributed by atoms with Gasteiger partial charge in [-0.05, 0) is 24.3 Å². The Labute approximate surface area is 100 Å². The highest BCUT2D eigenvalue weighted by atomic mass is 19.1. The predicted octanol–water partition coefficient (Wildman–Crippen LogP) is 3.47. The first kappa shape index (κ1) is 12.0. The van der Waals surface area contributed by atoms with Crippen LogP contribution < -0.4 is 0 Å². The summed E-state index contributed by atoms with van der Waals surface area (Å²) >= 11 is 0. The molecule has 0 saturated carbocycles. The van der Waals surface area contributed by atoms with E-state index >= 15 is 0 Å². The quantitative estimate of drug-likeness (QED) is 0.619. The zero-order valence-corrected chi connectivity index (χ0v) is 8.97. The molecular formula is C12H7F2NO3. The minimum Gasteiger partial charge on any atom is -0.456 e. The van der Waals surface area contributed by atoms with Crippen molar-refractivity contribution >= 4 is 6.08 Å². The molecule has 2 rings (SSSR count). The predicted molar refractivity (Wildman–Crippen MR) is 60.1 cm³/mol. The van der Waals surface area contributed by atoms with Gasteiger partial charge in [-0.25, -0.2) is 8.78 Å². The van der Waals surface area contributed by atoms with Crippen molar-refractivity contribution in [1.82, 2.24) is 0 Å². The summed E-state index contributed by atoms with van der Waals surface area (Å²) in [6.45, 7) is 0. The second-order valence-electron chi connectivity index (χ2n) is 3.43. The summed E-state index contributed by atoms with van der Waals surface area (Å²) in [6, 6.07) is 6.00. The topological polar surface area (TPSA) is 56.3 Å². The summed E-state index contributed by atoms with van der Waals surface area (Å²) < 4.78 is 31.3. The number of rotatable bonds is 3. The molecule has 0 radical (unpaired) electrons. The normalized spacial score (nSPS) is 11.0. The third kappa shape index (κ3) is 2.60. The molecule has 92 valence electrons. The van der Waals surface area contributed by atoms with Crippen molar-refractivity contribution in [3.63, 3.8) is 0 Å². The average molecular weight is 251 g/mol. The van der Waals surface area contributed by atoms with Crippen molar-refractivity contribution < 1.29 is 18.1 Å². The number of benzene rings is 1. The first-order valence-electron chi connectivity index (χ1n) is 4.93. The van der Waals surface area contributed by atoms with E-state index in [1.54, 1.807) is 0 Å². The largest absolute Gasteiger partial charge is 0.456 e. The first-order chi connectivity index (χ1) is 8.56. The fourth-order valence-electron chi connectivity index (χ4n) is 1.41. The van der Waals surface area contributed by atoms with E-state index in [1.165, 1.54) is 18.2 Å². The number of nitrogens with zero attached hydrogens (tertiary/aromatic N) is 1. The van der Waals surface area contributed by atoms with Crippen LogP contribution in [-0.2, 0) is 0 Å². The van der Waals surface area contributed by atoms with Gasteiger partial charge in [0.1, 0.15) is 23.2 Å². The van der Waals surface area contributed by atoms with Crippen LogP contribution in [0.5, 0.6) is 0 Å². The van der Waals surface area contributed by atoms with Crippen molar-refractivity contribution in [2.45, 2.75) is 0 Å². The molecule has 0 aliphatic heterocycles. The van der Waals surface area contributed by atoms with E-state index in [2.05, 4.69) is 0 Å². The van der Waals surface area contributed by atoms with Crippen LogP contribution in [0.25, 0.3) is 17.4 Å². The SMILES string of the molecule is O=[N+]([O-])/C=C/c1ccc(-c2ccc(F)cc2F)o1. The number of halogens is 2. The van der Waals surface area contributed by atoms with Crippen LogP contribution in [0.4, 0.5) is 8.78 Å². The monoisotopic (exact) mass is 251 g/mol. The van der Waals surface area contributed by atoms with Crippen molar-refractivity contribution in [3.05, 3.63) is 64.0 Å². The molecule has 0 aliphatic carbocycles. The molecule has 2 aromatic rings. The minimum atomic E-state index is -0.755. The fraction of sp³-hybridized carbons (Fsp3) is 0. The standard InChI is InChI=1S/C12H7F2NO3/c13-8-1-3-10(11(14)7-8)12-4-2-9(18-12)5-6-15(16)17/h1-7H/b6-5+. The fourth-order valence-corrected chi connectivity index (χ4v) is 1.41. The Morgan fingerprint density at radius 1 is 1.22 bits per heavy atom. The van der Waals surface area contributed by atoms with Crippen LogP contribution in [0, 0.1) is 21.7 Å². The summed E-state index contributed by atoms with van der Waals surface area (Å²) in [4.78, 5) is 9.48. The second-order valence-corrected chi connectivity index (χ2v) is 3.43. The van der Waals surface area contributed by atoms with Gasteiger partial charge in [0.25, 0.3) is 0 Å². The van der Waals surface area contributed by atoms with Gasteiger partial charge >= 0.3 is 0 Å². The van der Waals surface area contributed by atoms with Crippen LogP contribution in [0.1, 0.15) is 5.76 Å². The van der Waals surface area contributed by atoms with Gasteiger partial charge in [0.05, 0.1) is 16.6 Å². The van der Waals surface area contributed by atoms with Gasteiger partial charge in [0.15, 0.2) is 0 Å². The Hall–Kier alpha value is -2.50. The highest BCUT2D eigenvalue weighted by Gasteiger charge is 2.10. The maximum Gasteiger partial charge on any atom is 0.238 e. The molecule has 0 N–H and O–H groups in total. The summed E-state index contributed by atoms with van der Waals surface area (Å²) in [7, 11) is 0. The van der Waals surface area contributed by atoms with E-state index in [-0.39, 0.29) is 17.1 Å². The van der Waals surface area contributed by atoms with E-state index < -0.39 is 16.6 Å². The van der Waals surface area contributed by atoms with Crippen molar-refractivity contribution in [2.24, 2.45) is 0 Å². The Bertz CT molecular complexity index is 620. The molecule has 6 heteroatoms. The molecule has 0 unspecified atom stereocenters. The summed E-state index contributed by atoms with van der Waals surface area (Å²) in [5, 5.41) is 10.1. The summed E-state index contributed by atoms with van der Waals surface area (Å²) in [5.41, 5.74) is 0.0946. The third-order valence-corrected chi connectivity index (χ3v) is 2.18. The molecule has 4 nitrogen and oxygen atoms in total. The molecule has 1 aromatic heterocycles. The Balaban J connectivity index is 2.32. The molecule has 0 atom stereocenters. The number of hydrogen-bond acceptors (Lipinski definition) is 3. The molecule has 0 saturated heterocycles. The van der Waals surface area contributed by atoms with Crippen LogP contribution in [0.2, 0.25) is 0 Å². The zero-order chi connectivity index (χ0) is 13.1. The molecule has 1 heterocycles. The Morgan fingerprint density at radius 3 is 2.67 bits per heavy atom. The van der Waals surface area contributed by atoms with E-state index in [0.717, 1.165) is 18.2 Å². The van der Waals surface area contributed by atoms with Crippen LogP contribution in [-0.4, -0.2) is 4.92 Å². The minimum absolute atomic E-state index is 0.0946. The summed E-state index contributed by atoms with van der Waals surface area (Å²) in [6.07, 6.45) is 1.86. The lowest BCUT2D eigenvalue weighted by molar-refractivity contribution is -0.401. The first-order valence-corrected chi connectivity index (χ1v) is 4.93. The maximum absolute atomic E-state index is 13.4. The molecular weight excluding hydrogens is 244 g/mol. The van der Waals surface area contributed by atoms with Gasteiger partial charge < -0.3 is 4.42 Å². The van der Waals surface area contributed by atoms with E-state index in [9.17, 15) is 18.9 Å². The van der Waals surface area contributed by atoms with Crippen molar-refractivity contribution in [3.8, 4) is 11.3 Å². The molecule has 0 aliphatic rings. The number of hydrogen-bond donors (Lipinski definition) is 0. The van der Waals surface area contributed by atoms with Gasteiger partial charge in [0, 0.05) is 6.07 Å². The molecule has 1 aromatic carbocycles. The van der Waals surface area contributed by atoms with Gasteiger partial charge in [-0.2, -0.15) is 0 Å². The third-order valence-electron chi connectivity index (χ3n) is 2.18. The second kappa shape index (κ2) is 4.79. The van der Waals surface area contributed by atoms with E-state index in [0.29, 0.717) is 6.20 Å². The number of furan rings is 1. The van der Waals surface area contributed by atoms with Gasteiger partial charge in [0.2, 0.25) is 6.20 Å². The van der Waals surface area contributed by atoms with Crippen LogP contribution in [0.3, 0.4) is 0 Å². The average Bonchev–Trinajstić information content (AvgIpc) is 2.75. The molecule has 0 amide bonds. The highest BCUT2D eigenvalue weighted by Crippen LogP contribution is 2.25. The van der Waals surface area contributed by atoms with Gasteiger partial charge in [-0.15, -0.1) is 0 Å².